The van der Waals surface area contributed by atoms with Crippen molar-refractivity contribution in [3.63, 3.8) is 0 Å². The van der Waals surface area contributed by atoms with E-state index in [1.807, 2.05) is 6.07 Å². The van der Waals surface area contributed by atoms with E-state index in [1.165, 1.54) is 6.07 Å². The van der Waals surface area contributed by atoms with E-state index in [9.17, 15) is 27.8 Å². The van der Waals surface area contributed by atoms with Crippen LogP contribution < -0.4 is 9.97 Å². The van der Waals surface area contributed by atoms with Crippen molar-refractivity contribution in [1.82, 2.24) is 5.32 Å². The van der Waals surface area contributed by atoms with E-state index in [1.54, 1.807) is 36.4 Å². The maximum absolute atomic E-state index is 12.4. The number of amides is 1. The Balaban J connectivity index is 1.69. The molecule has 10 heteroatoms. The summed E-state index contributed by atoms with van der Waals surface area (Å²) in [5.41, 5.74) is 1.33. The first-order valence-corrected chi connectivity index (χ1v) is 8.77. The fourth-order valence-electron chi connectivity index (χ4n) is 2.95. The molecule has 2 aromatic rings. The summed E-state index contributed by atoms with van der Waals surface area (Å²) in [5, 5.41) is 12.2. The topological polar surface area (TPSA) is 84.9 Å². The predicted octanol–water partition coefficient (Wildman–Crippen LogP) is 2.44. The molecule has 0 spiro atoms. The third-order valence-electron chi connectivity index (χ3n) is 4.26. The van der Waals surface area contributed by atoms with Crippen molar-refractivity contribution in [2.45, 2.75) is 31.6 Å². The summed E-state index contributed by atoms with van der Waals surface area (Å²) in [5.74, 6) is -2.93. The van der Waals surface area contributed by atoms with Crippen LogP contribution in [0.15, 0.2) is 48.5 Å². The highest BCUT2D eigenvalue weighted by Gasteiger charge is 2.40. The Morgan fingerprint density at radius 1 is 1.17 bits per heavy atom. The number of esters is 1. The van der Waals surface area contributed by atoms with Gasteiger partial charge < -0.3 is 19.7 Å². The van der Waals surface area contributed by atoms with E-state index >= 15 is 0 Å². The normalized spacial score (nSPS) is 15.9. The SMILES string of the molecule is O=C(CC(F)(F)F)N[C@H]1Cc2cccc(C(=O)OCc3ccccc3)c2OB1O. The molecule has 0 bridgehead atoms. The molecule has 0 saturated carbocycles. The third kappa shape index (κ3) is 5.51. The summed E-state index contributed by atoms with van der Waals surface area (Å²) in [6.07, 6.45) is -6.31. The van der Waals surface area contributed by atoms with Crippen molar-refractivity contribution < 1.29 is 37.2 Å². The highest BCUT2D eigenvalue weighted by molar-refractivity contribution is 6.47. The number of hydrogen-bond donors (Lipinski definition) is 2. The lowest BCUT2D eigenvalue weighted by molar-refractivity contribution is -0.154. The first-order valence-electron chi connectivity index (χ1n) is 8.77. The van der Waals surface area contributed by atoms with Crippen molar-refractivity contribution in [2.75, 3.05) is 0 Å². The lowest BCUT2D eigenvalue weighted by atomic mass is 9.72. The molecule has 0 aromatic heterocycles. The number of hydrogen-bond acceptors (Lipinski definition) is 5. The third-order valence-corrected chi connectivity index (χ3v) is 4.26. The minimum Gasteiger partial charge on any atom is -0.534 e. The number of alkyl halides is 3. The molecule has 152 valence electrons. The summed E-state index contributed by atoms with van der Waals surface area (Å²) in [6.45, 7) is 0.0437. The highest BCUT2D eigenvalue weighted by atomic mass is 19.4. The minimum atomic E-state index is -4.65. The number of para-hydroxylation sites is 1. The molecule has 6 nitrogen and oxygen atoms in total. The van der Waals surface area contributed by atoms with Gasteiger partial charge in [-0.3, -0.25) is 4.79 Å². The summed E-state index contributed by atoms with van der Waals surface area (Å²) >= 11 is 0. The van der Waals surface area contributed by atoms with Gasteiger partial charge in [0.25, 0.3) is 0 Å². The van der Waals surface area contributed by atoms with Crippen LogP contribution in [0.1, 0.15) is 27.9 Å². The number of benzene rings is 2. The number of halogens is 3. The quantitative estimate of drug-likeness (QED) is 0.588. The van der Waals surface area contributed by atoms with Crippen LogP contribution in [0.4, 0.5) is 13.2 Å². The van der Waals surface area contributed by atoms with Crippen LogP contribution in [-0.2, 0) is 22.6 Å². The van der Waals surface area contributed by atoms with Gasteiger partial charge in [-0.25, -0.2) is 4.79 Å². The van der Waals surface area contributed by atoms with Crippen molar-refractivity contribution in [3.8, 4) is 5.75 Å². The van der Waals surface area contributed by atoms with Crippen LogP contribution in [-0.4, -0.2) is 36.1 Å². The molecule has 1 atom stereocenters. The zero-order chi connectivity index (χ0) is 21.0. The second-order valence-corrected chi connectivity index (χ2v) is 6.53. The van der Waals surface area contributed by atoms with Crippen LogP contribution in [0.25, 0.3) is 0 Å². The maximum Gasteiger partial charge on any atom is 0.547 e. The van der Waals surface area contributed by atoms with Gasteiger partial charge in [0.2, 0.25) is 5.91 Å². The Labute approximate surface area is 164 Å². The first-order chi connectivity index (χ1) is 13.7. The Hall–Kier alpha value is -3.01. The van der Waals surface area contributed by atoms with E-state index in [4.69, 9.17) is 9.39 Å². The number of carbonyl (C=O) groups is 2. The second kappa shape index (κ2) is 8.56. The fourth-order valence-corrected chi connectivity index (χ4v) is 2.95. The van der Waals surface area contributed by atoms with E-state index in [0.29, 0.717) is 5.56 Å². The number of rotatable bonds is 5. The van der Waals surface area contributed by atoms with E-state index in [2.05, 4.69) is 5.32 Å². The zero-order valence-corrected chi connectivity index (χ0v) is 15.1. The average molecular weight is 407 g/mol. The van der Waals surface area contributed by atoms with Crippen molar-refractivity contribution >= 4 is 19.0 Å². The monoisotopic (exact) mass is 407 g/mol. The minimum absolute atomic E-state index is 0.0000968. The van der Waals surface area contributed by atoms with Crippen LogP contribution >= 0.6 is 0 Å². The van der Waals surface area contributed by atoms with Gasteiger partial charge in [-0.1, -0.05) is 42.5 Å². The van der Waals surface area contributed by atoms with Gasteiger partial charge in [-0.15, -0.1) is 0 Å². The van der Waals surface area contributed by atoms with Gasteiger partial charge in [-0.05, 0) is 23.6 Å². The van der Waals surface area contributed by atoms with E-state index < -0.39 is 37.5 Å². The molecule has 0 unspecified atom stereocenters. The largest absolute Gasteiger partial charge is 0.547 e. The van der Waals surface area contributed by atoms with Crippen LogP contribution in [0, 0.1) is 0 Å². The molecular weight excluding hydrogens is 390 g/mol. The van der Waals surface area contributed by atoms with Crippen molar-refractivity contribution in [1.29, 1.82) is 0 Å². The van der Waals surface area contributed by atoms with E-state index in [0.717, 1.165) is 5.56 Å². The van der Waals surface area contributed by atoms with Crippen molar-refractivity contribution in [3.05, 3.63) is 65.2 Å². The number of carbonyl (C=O) groups excluding carboxylic acids is 2. The van der Waals surface area contributed by atoms with Gasteiger partial charge in [0.15, 0.2) is 0 Å². The fraction of sp³-hybridized carbons (Fsp3) is 0.263. The molecule has 0 saturated heterocycles. The van der Waals surface area contributed by atoms with Gasteiger partial charge >= 0.3 is 19.3 Å². The van der Waals surface area contributed by atoms with Gasteiger partial charge in [-0.2, -0.15) is 13.2 Å². The Kier molecular flexibility index (Phi) is 6.12. The molecule has 0 aliphatic carbocycles. The first kappa shape index (κ1) is 20.7. The smallest absolute Gasteiger partial charge is 0.534 e. The molecule has 0 radical (unpaired) electrons. The van der Waals surface area contributed by atoms with E-state index in [-0.39, 0.29) is 24.3 Å². The molecule has 1 aliphatic heterocycles. The lowest BCUT2D eigenvalue weighted by Gasteiger charge is -2.29. The average Bonchev–Trinajstić information content (AvgIpc) is 2.65. The molecule has 3 rings (SSSR count). The van der Waals surface area contributed by atoms with Gasteiger partial charge in [0.05, 0.1) is 5.94 Å². The summed E-state index contributed by atoms with van der Waals surface area (Å²) in [7, 11) is -1.61. The molecule has 2 N–H and O–H groups in total. The van der Waals surface area contributed by atoms with Gasteiger partial charge in [0.1, 0.15) is 24.3 Å². The number of nitrogens with one attached hydrogen (secondary N) is 1. The summed E-state index contributed by atoms with van der Waals surface area (Å²) < 4.78 is 47.6. The Morgan fingerprint density at radius 3 is 2.59 bits per heavy atom. The zero-order valence-electron chi connectivity index (χ0n) is 15.1. The molecule has 2 aromatic carbocycles. The van der Waals surface area contributed by atoms with Crippen LogP contribution in [0.2, 0.25) is 0 Å². The predicted molar refractivity (Wildman–Crippen MR) is 96.9 cm³/mol. The highest BCUT2D eigenvalue weighted by Crippen LogP contribution is 2.31. The van der Waals surface area contributed by atoms with Gasteiger partial charge in [0, 0.05) is 0 Å². The lowest BCUT2D eigenvalue weighted by Crippen LogP contribution is -2.53. The Bertz CT molecular complexity index is 891. The molecular formula is C19H17BF3NO5. The molecule has 1 amide bonds. The molecule has 1 aliphatic rings. The van der Waals surface area contributed by atoms with Crippen LogP contribution in [0.5, 0.6) is 5.75 Å². The molecule has 0 fully saturated rings. The summed E-state index contributed by atoms with van der Waals surface area (Å²) in [4.78, 5) is 23.9. The molecule has 1 heterocycles. The summed E-state index contributed by atoms with van der Waals surface area (Å²) in [6, 6.07) is 13.6. The maximum atomic E-state index is 12.4. The Morgan fingerprint density at radius 2 is 1.90 bits per heavy atom. The van der Waals surface area contributed by atoms with Crippen LogP contribution in [0.3, 0.4) is 0 Å². The standard InChI is InChI=1S/C19H17BF3NO5/c21-19(22,23)10-16(25)24-15-9-13-7-4-8-14(17(13)29-20(15)27)18(26)28-11-12-5-2-1-3-6-12/h1-8,15,27H,9-11H2,(H,24,25)/t15-/m0/s1. The number of ether oxygens (including phenoxy) is 1. The van der Waals surface area contributed by atoms with Crippen molar-refractivity contribution in [2.24, 2.45) is 0 Å². The second-order valence-electron chi connectivity index (χ2n) is 6.53. The molecule has 29 heavy (non-hydrogen) atoms. The number of fused-ring (bicyclic) bond motifs is 1.